The van der Waals surface area contributed by atoms with E-state index in [4.69, 9.17) is 9.47 Å². The number of anilines is 1. The number of amides is 1. The Morgan fingerprint density at radius 1 is 1.16 bits per heavy atom. The first-order valence-electron chi connectivity index (χ1n) is 7.60. The van der Waals surface area contributed by atoms with Gasteiger partial charge in [0.05, 0.1) is 26.1 Å². The maximum atomic E-state index is 12.5. The minimum Gasteiger partial charge on any atom is -0.496 e. The summed E-state index contributed by atoms with van der Waals surface area (Å²) in [5.41, 5.74) is 1.87. The van der Waals surface area contributed by atoms with Crippen LogP contribution in [0.15, 0.2) is 49.2 Å². The van der Waals surface area contributed by atoms with Gasteiger partial charge in [-0.2, -0.15) is 0 Å². The Balaban J connectivity index is 1.80. The van der Waals surface area contributed by atoms with Crippen molar-refractivity contribution in [3.8, 4) is 17.3 Å². The first kappa shape index (κ1) is 16.5. The Morgan fingerprint density at radius 3 is 2.40 bits per heavy atom. The monoisotopic (exact) mass is 338 g/mol. The van der Waals surface area contributed by atoms with E-state index in [1.54, 1.807) is 68.0 Å². The van der Waals surface area contributed by atoms with E-state index in [0.29, 0.717) is 28.6 Å². The number of imidazole rings is 1. The number of carbonyl (C=O) groups excluding carboxylic acids is 1. The summed E-state index contributed by atoms with van der Waals surface area (Å²) in [6.07, 6.45) is 6.72. The highest BCUT2D eigenvalue weighted by molar-refractivity contribution is 6.04. The molecule has 128 valence electrons. The third kappa shape index (κ3) is 3.45. The summed E-state index contributed by atoms with van der Waals surface area (Å²) in [5, 5.41) is 2.82. The second-order valence-corrected chi connectivity index (χ2v) is 5.33. The van der Waals surface area contributed by atoms with Crippen molar-refractivity contribution in [1.29, 1.82) is 0 Å². The molecule has 0 aliphatic heterocycles. The topological polar surface area (TPSA) is 78.3 Å². The van der Waals surface area contributed by atoms with Gasteiger partial charge in [0, 0.05) is 23.5 Å². The number of aromatic nitrogens is 3. The third-order valence-electron chi connectivity index (χ3n) is 3.79. The molecule has 0 spiro atoms. The van der Waals surface area contributed by atoms with Gasteiger partial charge < -0.3 is 14.8 Å². The summed E-state index contributed by atoms with van der Waals surface area (Å²) in [5.74, 6) is 1.64. The van der Waals surface area contributed by atoms with Gasteiger partial charge in [-0.25, -0.2) is 9.97 Å². The summed E-state index contributed by atoms with van der Waals surface area (Å²) < 4.78 is 12.4. The van der Waals surface area contributed by atoms with Gasteiger partial charge in [-0.05, 0) is 31.2 Å². The van der Waals surface area contributed by atoms with Crippen LogP contribution in [0.5, 0.6) is 11.5 Å². The second-order valence-electron chi connectivity index (χ2n) is 5.33. The Bertz CT molecular complexity index is 849. The molecule has 1 N–H and O–H groups in total. The molecular weight excluding hydrogens is 320 g/mol. The van der Waals surface area contributed by atoms with Gasteiger partial charge >= 0.3 is 0 Å². The van der Waals surface area contributed by atoms with Gasteiger partial charge in [-0.1, -0.05) is 0 Å². The fraction of sp³-hybridized carbons (Fsp3) is 0.167. The van der Waals surface area contributed by atoms with Crippen LogP contribution in [0.25, 0.3) is 5.82 Å². The van der Waals surface area contributed by atoms with Crippen LogP contribution in [0.4, 0.5) is 5.69 Å². The SMILES string of the molecule is COc1cc(C(=O)Nc2ccc(-n3ccnc3)nc2)cc(OC)c1C. The van der Waals surface area contributed by atoms with Gasteiger partial charge in [0.1, 0.15) is 23.6 Å². The van der Waals surface area contributed by atoms with E-state index in [2.05, 4.69) is 15.3 Å². The van der Waals surface area contributed by atoms with E-state index in [1.165, 1.54) is 0 Å². The standard InChI is InChI=1S/C18H18N4O3/c1-12-15(24-2)8-13(9-16(12)25-3)18(23)21-14-4-5-17(20-10-14)22-7-6-19-11-22/h4-11H,1-3H3,(H,21,23). The molecule has 0 fully saturated rings. The number of nitrogens with one attached hydrogen (secondary N) is 1. The van der Waals surface area contributed by atoms with E-state index in [1.807, 2.05) is 6.92 Å². The molecule has 0 aliphatic rings. The molecule has 0 radical (unpaired) electrons. The molecule has 25 heavy (non-hydrogen) atoms. The summed E-state index contributed by atoms with van der Waals surface area (Å²) in [4.78, 5) is 20.8. The molecule has 0 aliphatic carbocycles. The lowest BCUT2D eigenvalue weighted by Gasteiger charge is -2.13. The Kier molecular flexibility index (Phi) is 4.65. The van der Waals surface area contributed by atoms with Crippen LogP contribution in [0.1, 0.15) is 15.9 Å². The zero-order valence-electron chi connectivity index (χ0n) is 14.2. The minimum absolute atomic E-state index is 0.270. The molecule has 1 amide bonds. The van der Waals surface area contributed by atoms with Crippen molar-refractivity contribution in [3.05, 3.63) is 60.3 Å². The number of methoxy groups -OCH3 is 2. The van der Waals surface area contributed by atoms with E-state index in [-0.39, 0.29) is 5.91 Å². The third-order valence-corrected chi connectivity index (χ3v) is 3.79. The van der Waals surface area contributed by atoms with E-state index >= 15 is 0 Å². The van der Waals surface area contributed by atoms with E-state index in [0.717, 1.165) is 5.56 Å². The lowest BCUT2D eigenvalue weighted by molar-refractivity contribution is 0.102. The largest absolute Gasteiger partial charge is 0.496 e. The number of nitrogens with zero attached hydrogens (tertiary/aromatic N) is 3. The highest BCUT2D eigenvalue weighted by atomic mass is 16.5. The normalized spacial score (nSPS) is 10.4. The van der Waals surface area contributed by atoms with Crippen molar-refractivity contribution in [2.75, 3.05) is 19.5 Å². The molecule has 0 atom stereocenters. The van der Waals surface area contributed by atoms with Crippen molar-refractivity contribution in [1.82, 2.24) is 14.5 Å². The maximum absolute atomic E-state index is 12.5. The summed E-state index contributed by atoms with van der Waals surface area (Å²) in [6, 6.07) is 6.94. The van der Waals surface area contributed by atoms with Gasteiger partial charge in [0.15, 0.2) is 0 Å². The highest BCUT2D eigenvalue weighted by Gasteiger charge is 2.14. The van der Waals surface area contributed by atoms with Crippen LogP contribution >= 0.6 is 0 Å². The molecule has 0 saturated carbocycles. The molecule has 3 aromatic rings. The van der Waals surface area contributed by atoms with Crippen LogP contribution in [0.3, 0.4) is 0 Å². The Labute approximate surface area is 145 Å². The number of hydrogen-bond acceptors (Lipinski definition) is 5. The molecule has 2 heterocycles. The van der Waals surface area contributed by atoms with Crippen molar-refractivity contribution in [2.45, 2.75) is 6.92 Å². The molecule has 1 aromatic carbocycles. The van der Waals surface area contributed by atoms with Gasteiger partial charge in [0.2, 0.25) is 0 Å². The first-order valence-corrected chi connectivity index (χ1v) is 7.60. The van der Waals surface area contributed by atoms with E-state index < -0.39 is 0 Å². The highest BCUT2D eigenvalue weighted by Crippen LogP contribution is 2.29. The van der Waals surface area contributed by atoms with Crippen molar-refractivity contribution in [2.24, 2.45) is 0 Å². The molecule has 0 bridgehead atoms. The lowest BCUT2D eigenvalue weighted by Crippen LogP contribution is -2.13. The molecule has 3 rings (SSSR count). The Morgan fingerprint density at radius 2 is 1.88 bits per heavy atom. The number of rotatable bonds is 5. The van der Waals surface area contributed by atoms with Crippen LogP contribution in [0, 0.1) is 6.92 Å². The Hall–Kier alpha value is -3.35. The molecule has 0 saturated heterocycles. The molecule has 7 nitrogen and oxygen atoms in total. The van der Waals surface area contributed by atoms with Crippen LogP contribution in [-0.2, 0) is 0 Å². The number of carbonyl (C=O) groups is 1. The number of pyridine rings is 1. The van der Waals surface area contributed by atoms with Crippen LogP contribution in [0.2, 0.25) is 0 Å². The fourth-order valence-electron chi connectivity index (χ4n) is 2.43. The minimum atomic E-state index is -0.270. The lowest BCUT2D eigenvalue weighted by atomic mass is 10.1. The van der Waals surface area contributed by atoms with Crippen LogP contribution < -0.4 is 14.8 Å². The van der Waals surface area contributed by atoms with Crippen molar-refractivity contribution < 1.29 is 14.3 Å². The van der Waals surface area contributed by atoms with E-state index in [9.17, 15) is 4.79 Å². The smallest absolute Gasteiger partial charge is 0.255 e. The molecular formula is C18H18N4O3. The van der Waals surface area contributed by atoms with Gasteiger partial charge in [-0.3, -0.25) is 9.36 Å². The van der Waals surface area contributed by atoms with Crippen molar-refractivity contribution in [3.63, 3.8) is 0 Å². The van der Waals surface area contributed by atoms with Crippen LogP contribution in [-0.4, -0.2) is 34.7 Å². The number of benzene rings is 1. The van der Waals surface area contributed by atoms with Gasteiger partial charge in [-0.15, -0.1) is 0 Å². The zero-order chi connectivity index (χ0) is 17.8. The molecule has 7 heteroatoms. The van der Waals surface area contributed by atoms with Crippen molar-refractivity contribution >= 4 is 11.6 Å². The average molecular weight is 338 g/mol. The summed E-state index contributed by atoms with van der Waals surface area (Å²) >= 11 is 0. The molecule has 2 aromatic heterocycles. The number of ether oxygens (including phenoxy) is 2. The summed E-state index contributed by atoms with van der Waals surface area (Å²) in [7, 11) is 3.12. The fourth-order valence-corrected chi connectivity index (χ4v) is 2.43. The number of hydrogen-bond donors (Lipinski definition) is 1. The second kappa shape index (κ2) is 7.04. The maximum Gasteiger partial charge on any atom is 0.255 e. The predicted octanol–water partition coefficient (Wildman–Crippen LogP) is 2.85. The first-order chi connectivity index (χ1) is 12.1. The zero-order valence-corrected chi connectivity index (χ0v) is 14.2. The molecule has 0 unspecified atom stereocenters. The average Bonchev–Trinajstić information content (AvgIpc) is 3.17. The predicted molar refractivity (Wildman–Crippen MR) is 93.6 cm³/mol. The quantitative estimate of drug-likeness (QED) is 0.774. The van der Waals surface area contributed by atoms with Gasteiger partial charge in [0.25, 0.3) is 5.91 Å². The summed E-state index contributed by atoms with van der Waals surface area (Å²) in [6.45, 7) is 1.87.